The van der Waals surface area contributed by atoms with Crippen LogP contribution in [0.4, 0.5) is 0 Å². The van der Waals surface area contributed by atoms with Gasteiger partial charge in [0.1, 0.15) is 0 Å². The summed E-state index contributed by atoms with van der Waals surface area (Å²) in [7, 11) is 0. The molecule has 0 heterocycles. The minimum atomic E-state index is -1.09. The average molecular weight is 179 g/mol. The van der Waals surface area contributed by atoms with E-state index in [0.717, 1.165) is 0 Å². The van der Waals surface area contributed by atoms with Crippen molar-refractivity contribution in [3.63, 3.8) is 0 Å². The van der Waals surface area contributed by atoms with E-state index >= 15 is 0 Å². The highest BCUT2D eigenvalue weighted by atomic mass is 35.5. The summed E-state index contributed by atoms with van der Waals surface area (Å²) in [5, 5.41) is 0. The second kappa shape index (κ2) is 3.72. The molecule has 0 atom stereocenters. The van der Waals surface area contributed by atoms with Crippen molar-refractivity contribution in [3.05, 3.63) is 0 Å². The molecule has 0 amide bonds. The molecule has 0 aromatic carbocycles. The number of hydrogen-bond acceptors (Lipinski definition) is 3. The molecule has 0 saturated heterocycles. The number of rotatable bonds is 3. The van der Waals surface area contributed by atoms with Crippen LogP contribution in [0.15, 0.2) is 0 Å². The highest BCUT2D eigenvalue weighted by Crippen LogP contribution is 2.11. The van der Waals surface area contributed by atoms with E-state index in [2.05, 4.69) is 0 Å². The van der Waals surface area contributed by atoms with Crippen molar-refractivity contribution in [2.75, 3.05) is 5.88 Å². The summed E-state index contributed by atoms with van der Waals surface area (Å²) in [6.07, 6.45) is 0. The second-order valence-corrected chi connectivity index (χ2v) is 2.93. The largest absolute Gasteiger partial charge is 0.452 e. The molecule has 0 unspecified atom stereocenters. The van der Waals surface area contributed by atoms with E-state index in [1.54, 1.807) is 0 Å². The van der Waals surface area contributed by atoms with Gasteiger partial charge in [0.15, 0.2) is 11.4 Å². The molecule has 0 radical (unpaired) electrons. The number of esters is 1. The van der Waals surface area contributed by atoms with Gasteiger partial charge in [-0.05, 0) is 13.8 Å². The van der Waals surface area contributed by atoms with Crippen LogP contribution in [0.25, 0.3) is 0 Å². The Hall–Kier alpha value is -0.570. The third kappa shape index (κ3) is 3.37. The lowest BCUT2D eigenvalue weighted by Gasteiger charge is -2.21. The maximum Gasteiger partial charge on any atom is 0.303 e. The van der Waals surface area contributed by atoms with Crippen LogP contribution in [-0.2, 0) is 14.3 Å². The molecule has 64 valence electrons. The number of hydrogen-bond donors (Lipinski definition) is 0. The number of ketones is 1. The number of Topliss-reactive ketones (excluding diaryl/α,β-unsaturated/α-hetero) is 1. The van der Waals surface area contributed by atoms with Crippen LogP contribution in [0.3, 0.4) is 0 Å². The lowest BCUT2D eigenvalue weighted by Crippen LogP contribution is -2.37. The van der Waals surface area contributed by atoms with Gasteiger partial charge in [0.05, 0.1) is 5.88 Å². The summed E-state index contributed by atoms with van der Waals surface area (Å²) in [4.78, 5) is 21.4. The Morgan fingerprint density at radius 1 is 1.45 bits per heavy atom. The van der Waals surface area contributed by atoms with Crippen molar-refractivity contribution in [3.8, 4) is 0 Å². The zero-order valence-corrected chi connectivity index (χ0v) is 7.57. The van der Waals surface area contributed by atoms with E-state index in [4.69, 9.17) is 16.3 Å². The van der Waals surface area contributed by atoms with Gasteiger partial charge in [-0.15, -0.1) is 11.6 Å². The molecule has 0 N–H and O–H groups in total. The van der Waals surface area contributed by atoms with Crippen LogP contribution in [0.5, 0.6) is 0 Å². The van der Waals surface area contributed by atoms with Crippen molar-refractivity contribution in [1.82, 2.24) is 0 Å². The summed E-state index contributed by atoms with van der Waals surface area (Å²) < 4.78 is 4.72. The molecule has 0 spiro atoms. The summed E-state index contributed by atoms with van der Waals surface area (Å²) in [5.74, 6) is -0.914. The fourth-order valence-corrected chi connectivity index (χ4v) is 0.899. The first-order valence-corrected chi connectivity index (χ1v) is 3.72. The SMILES string of the molecule is CC(=O)OC(C)(C)C(=O)CCl. The first-order valence-electron chi connectivity index (χ1n) is 3.19. The molecule has 0 aromatic heterocycles. The van der Waals surface area contributed by atoms with Crippen LogP contribution in [0.2, 0.25) is 0 Å². The van der Waals surface area contributed by atoms with Crippen molar-refractivity contribution in [2.45, 2.75) is 26.4 Å². The lowest BCUT2D eigenvalue weighted by molar-refractivity contribution is -0.160. The molecule has 4 heteroatoms. The summed E-state index contributed by atoms with van der Waals surface area (Å²) in [6, 6.07) is 0. The Bertz CT molecular complexity index is 175. The van der Waals surface area contributed by atoms with Gasteiger partial charge in [-0.25, -0.2) is 0 Å². The fourth-order valence-electron chi connectivity index (χ4n) is 0.577. The molecule has 0 aliphatic carbocycles. The third-order valence-corrected chi connectivity index (χ3v) is 1.43. The molecule has 0 bridgehead atoms. The third-order valence-electron chi connectivity index (χ3n) is 1.19. The van der Waals surface area contributed by atoms with E-state index in [1.165, 1.54) is 20.8 Å². The van der Waals surface area contributed by atoms with Gasteiger partial charge in [-0.3, -0.25) is 9.59 Å². The fraction of sp³-hybridized carbons (Fsp3) is 0.714. The van der Waals surface area contributed by atoms with Gasteiger partial charge in [-0.2, -0.15) is 0 Å². The predicted molar refractivity (Wildman–Crippen MR) is 41.6 cm³/mol. The quantitative estimate of drug-likeness (QED) is 0.481. The highest BCUT2D eigenvalue weighted by molar-refractivity contribution is 6.28. The van der Waals surface area contributed by atoms with Gasteiger partial charge in [0.25, 0.3) is 0 Å². The number of carbonyl (C=O) groups is 2. The summed E-state index contributed by atoms with van der Waals surface area (Å²) in [5.41, 5.74) is -1.09. The normalized spacial score (nSPS) is 10.9. The maximum absolute atomic E-state index is 11.0. The average Bonchev–Trinajstić information content (AvgIpc) is 1.83. The van der Waals surface area contributed by atoms with Crippen molar-refractivity contribution in [1.29, 1.82) is 0 Å². The Kier molecular flexibility index (Phi) is 3.52. The Morgan fingerprint density at radius 3 is 2.18 bits per heavy atom. The Morgan fingerprint density at radius 2 is 1.91 bits per heavy atom. The zero-order chi connectivity index (χ0) is 9.07. The van der Waals surface area contributed by atoms with E-state index in [0.29, 0.717) is 0 Å². The maximum atomic E-state index is 11.0. The summed E-state index contributed by atoms with van der Waals surface area (Å²) >= 11 is 5.28. The van der Waals surface area contributed by atoms with E-state index in [-0.39, 0.29) is 11.7 Å². The van der Waals surface area contributed by atoms with Crippen LogP contribution in [0, 0.1) is 0 Å². The van der Waals surface area contributed by atoms with Crippen molar-refractivity contribution >= 4 is 23.4 Å². The second-order valence-electron chi connectivity index (χ2n) is 2.66. The predicted octanol–water partition coefficient (Wildman–Crippen LogP) is 1.14. The lowest BCUT2D eigenvalue weighted by atomic mass is 10.1. The molecule has 3 nitrogen and oxygen atoms in total. The van der Waals surface area contributed by atoms with Crippen molar-refractivity contribution in [2.24, 2.45) is 0 Å². The van der Waals surface area contributed by atoms with Crippen molar-refractivity contribution < 1.29 is 14.3 Å². The first kappa shape index (κ1) is 10.4. The highest BCUT2D eigenvalue weighted by Gasteiger charge is 2.29. The van der Waals surface area contributed by atoms with Crippen LogP contribution in [0.1, 0.15) is 20.8 Å². The summed E-state index contributed by atoms with van der Waals surface area (Å²) in [6.45, 7) is 4.28. The first-order chi connectivity index (χ1) is 4.90. The van der Waals surface area contributed by atoms with E-state index < -0.39 is 11.6 Å². The number of halogens is 1. The zero-order valence-electron chi connectivity index (χ0n) is 6.81. The van der Waals surface area contributed by atoms with Crippen LogP contribution >= 0.6 is 11.6 Å². The van der Waals surface area contributed by atoms with Gasteiger partial charge in [0, 0.05) is 6.92 Å². The molecule has 0 aliphatic heterocycles. The Labute approximate surface area is 70.7 Å². The van der Waals surface area contributed by atoms with E-state index in [9.17, 15) is 9.59 Å². The molecule has 0 saturated carbocycles. The molecule has 11 heavy (non-hydrogen) atoms. The van der Waals surface area contributed by atoms with Gasteiger partial charge >= 0.3 is 5.97 Å². The monoisotopic (exact) mass is 178 g/mol. The van der Waals surface area contributed by atoms with E-state index in [1.807, 2.05) is 0 Å². The molecule has 0 aliphatic rings. The smallest absolute Gasteiger partial charge is 0.303 e. The molecule has 0 aromatic rings. The van der Waals surface area contributed by atoms with Crippen LogP contribution in [-0.4, -0.2) is 23.2 Å². The molecule has 0 fully saturated rings. The number of ether oxygens (including phenoxy) is 1. The number of carbonyl (C=O) groups excluding carboxylic acids is 2. The minimum Gasteiger partial charge on any atom is -0.452 e. The molecule has 0 rings (SSSR count). The van der Waals surface area contributed by atoms with Crippen LogP contribution < -0.4 is 0 Å². The van der Waals surface area contributed by atoms with Gasteiger partial charge < -0.3 is 4.74 Å². The topological polar surface area (TPSA) is 43.4 Å². The Balaban J connectivity index is 4.21. The van der Waals surface area contributed by atoms with Gasteiger partial charge in [-0.1, -0.05) is 0 Å². The molecular weight excluding hydrogens is 168 g/mol. The number of alkyl halides is 1. The standard InChI is InChI=1S/C7H11ClO3/c1-5(9)11-7(2,3)6(10)4-8/h4H2,1-3H3. The van der Waals surface area contributed by atoms with Gasteiger partial charge in [0.2, 0.25) is 0 Å². The molecular formula is C7H11ClO3. The minimum absolute atomic E-state index is 0.139.